The van der Waals surface area contributed by atoms with Gasteiger partial charge in [-0.25, -0.2) is 0 Å². The van der Waals surface area contributed by atoms with Crippen LogP contribution in [0.2, 0.25) is 0 Å². The molecule has 0 saturated carbocycles. The monoisotopic (exact) mass is 258 g/mol. The molecule has 2 nitrogen and oxygen atoms in total. The molecule has 1 atom stereocenters. The Hall–Kier alpha value is -0.340. The van der Waals surface area contributed by atoms with Crippen molar-refractivity contribution in [3.8, 4) is 11.8 Å². The normalized spacial score (nSPS) is 11.9. The molecule has 0 amide bonds. The van der Waals surface area contributed by atoms with E-state index in [1.54, 1.807) is 11.3 Å². The van der Waals surface area contributed by atoms with Gasteiger partial charge >= 0.3 is 0 Å². The van der Waals surface area contributed by atoms with Crippen LogP contribution in [0, 0.1) is 11.8 Å². The maximum Gasteiger partial charge on any atom is 0.0673 e. The van der Waals surface area contributed by atoms with Crippen LogP contribution in [0.5, 0.6) is 0 Å². The molecule has 0 spiro atoms. The molecular weight excluding hydrogens is 248 g/mol. The van der Waals surface area contributed by atoms with E-state index in [4.69, 9.17) is 5.84 Å². The van der Waals surface area contributed by atoms with Gasteiger partial charge in [-0.3, -0.25) is 11.3 Å². The predicted molar refractivity (Wildman–Crippen MR) is 60.2 cm³/mol. The Labute approximate surface area is 90.6 Å². The van der Waals surface area contributed by atoms with E-state index in [0.29, 0.717) is 0 Å². The lowest BCUT2D eigenvalue weighted by molar-refractivity contribution is 0.575. The molecule has 0 aromatic carbocycles. The highest BCUT2D eigenvalue weighted by atomic mass is 79.9. The highest BCUT2D eigenvalue weighted by molar-refractivity contribution is 9.10. The molecule has 0 aliphatic carbocycles. The molecule has 1 rings (SSSR count). The summed E-state index contributed by atoms with van der Waals surface area (Å²) < 4.78 is 1.10. The van der Waals surface area contributed by atoms with E-state index in [1.807, 2.05) is 18.4 Å². The molecule has 0 aliphatic rings. The second-order valence-corrected chi connectivity index (χ2v) is 4.28. The molecule has 13 heavy (non-hydrogen) atoms. The Morgan fingerprint density at radius 1 is 1.77 bits per heavy atom. The smallest absolute Gasteiger partial charge is 0.0673 e. The van der Waals surface area contributed by atoms with Crippen LogP contribution >= 0.6 is 27.3 Å². The molecule has 70 valence electrons. The topological polar surface area (TPSA) is 38.0 Å². The van der Waals surface area contributed by atoms with E-state index in [1.165, 1.54) is 4.88 Å². The van der Waals surface area contributed by atoms with Crippen molar-refractivity contribution in [3.05, 3.63) is 20.8 Å². The van der Waals surface area contributed by atoms with Crippen LogP contribution in [0.15, 0.2) is 15.9 Å². The van der Waals surface area contributed by atoms with Crippen molar-refractivity contribution in [2.75, 3.05) is 0 Å². The quantitative estimate of drug-likeness (QED) is 0.497. The number of rotatable bonds is 3. The van der Waals surface area contributed by atoms with Crippen LogP contribution in [0.1, 0.15) is 24.3 Å². The first-order chi connectivity index (χ1) is 6.29. The Bertz CT molecular complexity index is 324. The maximum atomic E-state index is 5.44. The van der Waals surface area contributed by atoms with Crippen LogP contribution in [-0.4, -0.2) is 0 Å². The number of nitrogens with two attached hydrogens (primary N) is 1. The zero-order valence-corrected chi connectivity index (χ0v) is 9.71. The fourth-order valence-corrected chi connectivity index (χ4v) is 2.70. The van der Waals surface area contributed by atoms with Crippen LogP contribution in [0.4, 0.5) is 0 Å². The second-order valence-electron chi connectivity index (χ2n) is 2.48. The lowest BCUT2D eigenvalue weighted by Crippen LogP contribution is -2.27. The van der Waals surface area contributed by atoms with Gasteiger partial charge in [0.15, 0.2) is 0 Å². The molecule has 1 aromatic rings. The molecule has 0 radical (unpaired) electrons. The summed E-state index contributed by atoms with van der Waals surface area (Å²) in [6.07, 6.45) is 0.742. The van der Waals surface area contributed by atoms with E-state index in [9.17, 15) is 0 Å². The number of hydrazine groups is 1. The third kappa shape index (κ3) is 2.82. The fourth-order valence-electron chi connectivity index (χ4n) is 0.986. The highest BCUT2D eigenvalue weighted by Crippen LogP contribution is 2.29. The van der Waals surface area contributed by atoms with Crippen molar-refractivity contribution >= 4 is 27.3 Å². The first-order valence-electron chi connectivity index (χ1n) is 3.88. The lowest BCUT2D eigenvalue weighted by Gasteiger charge is -2.11. The van der Waals surface area contributed by atoms with Crippen molar-refractivity contribution in [3.63, 3.8) is 0 Å². The van der Waals surface area contributed by atoms with Gasteiger partial charge in [-0.2, -0.15) is 0 Å². The first-order valence-corrected chi connectivity index (χ1v) is 5.55. The zero-order chi connectivity index (χ0) is 9.68. The molecule has 0 saturated heterocycles. The number of halogens is 1. The third-order valence-electron chi connectivity index (χ3n) is 1.65. The fraction of sp³-hybridized carbons (Fsp3) is 0.333. The number of thiophene rings is 1. The summed E-state index contributed by atoms with van der Waals surface area (Å²) in [5, 5.41) is 2.03. The van der Waals surface area contributed by atoms with Gasteiger partial charge in [-0.15, -0.1) is 23.2 Å². The summed E-state index contributed by atoms with van der Waals surface area (Å²) in [5.41, 5.74) is 2.76. The molecule has 4 heteroatoms. The number of hydrogen-bond donors (Lipinski definition) is 2. The van der Waals surface area contributed by atoms with Crippen molar-refractivity contribution in [2.45, 2.75) is 19.4 Å². The maximum absolute atomic E-state index is 5.44. The number of nitrogens with one attached hydrogen (secondary N) is 1. The molecule has 1 heterocycles. The van der Waals surface area contributed by atoms with Crippen LogP contribution in [0.3, 0.4) is 0 Å². The average Bonchev–Trinajstić information content (AvgIpc) is 2.54. The second kappa shape index (κ2) is 5.40. The molecule has 0 fully saturated rings. The lowest BCUT2D eigenvalue weighted by atomic mass is 10.2. The molecular formula is C9H11BrN2S. The van der Waals surface area contributed by atoms with Crippen molar-refractivity contribution in [1.82, 2.24) is 5.43 Å². The van der Waals surface area contributed by atoms with Gasteiger partial charge in [0.05, 0.1) is 6.04 Å². The standard InChI is InChI=1S/C9H11BrN2S/c1-2-3-4-8(12-11)9-7(10)5-6-13-9/h5-6,8,12H,4,11H2,1H3. The van der Waals surface area contributed by atoms with Gasteiger partial charge in [-0.1, -0.05) is 0 Å². The molecule has 1 aromatic heterocycles. The zero-order valence-electron chi connectivity index (χ0n) is 7.30. The van der Waals surface area contributed by atoms with Gasteiger partial charge in [0.25, 0.3) is 0 Å². The largest absolute Gasteiger partial charge is 0.271 e. The van der Waals surface area contributed by atoms with Gasteiger partial charge in [0, 0.05) is 15.8 Å². The highest BCUT2D eigenvalue weighted by Gasteiger charge is 2.12. The van der Waals surface area contributed by atoms with Gasteiger partial charge in [-0.05, 0) is 34.3 Å². The van der Waals surface area contributed by atoms with Crippen molar-refractivity contribution < 1.29 is 0 Å². The van der Waals surface area contributed by atoms with E-state index < -0.39 is 0 Å². The Morgan fingerprint density at radius 3 is 3.00 bits per heavy atom. The summed E-state index contributed by atoms with van der Waals surface area (Å²) in [7, 11) is 0. The van der Waals surface area contributed by atoms with Gasteiger partial charge < -0.3 is 0 Å². The van der Waals surface area contributed by atoms with E-state index in [0.717, 1.165) is 10.9 Å². The van der Waals surface area contributed by atoms with Gasteiger partial charge in [0.2, 0.25) is 0 Å². The molecule has 0 bridgehead atoms. The number of hydrogen-bond acceptors (Lipinski definition) is 3. The molecule has 3 N–H and O–H groups in total. The minimum Gasteiger partial charge on any atom is -0.271 e. The first kappa shape index (κ1) is 10.7. The summed E-state index contributed by atoms with van der Waals surface area (Å²) in [6, 6.07) is 2.14. The van der Waals surface area contributed by atoms with E-state index in [2.05, 4.69) is 33.2 Å². The minimum atomic E-state index is 0.127. The average molecular weight is 259 g/mol. The Morgan fingerprint density at radius 2 is 2.54 bits per heavy atom. The summed E-state index contributed by atoms with van der Waals surface area (Å²) >= 11 is 5.14. The molecule has 1 unspecified atom stereocenters. The van der Waals surface area contributed by atoms with Crippen LogP contribution in [-0.2, 0) is 0 Å². The van der Waals surface area contributed by atoms with Crippen LogP contribution in [0.25, 0.3) is 0 Å². The molecule has 0 aliphatic heterocycles. The predicted octanol–water partition coefficient (Wildman–Crippen LogP) is 2.43. The van der Waals surface area contributed by atoms with E-state index in [-0.39, 0.29) is 6.04 Å². The van der Waals surface area contributed by atoms with Crippen molar-refractivity contribution in [1.29, 1.82) is 0 Å². The van der Waals surface area contributed by atoms with E-state index >= 15 is 0 Å². The van der Waals surface area contributed by atoms with Crippen LogP contribution < -0.4 is 11.3 Å². The minimum absolute atomic E-state index is 0.127. The SMILES string of the molecule is CC#CCC(NN)c1sccc1Br. The summed E-state index contributed by atoms with van der Waals surface area (Å²) in [6.45, 7) is 1.83. The Balaban J connectivity index is 2.76. The summed E-state index contributed by atoms with van der Waals surface area (Å²) in [5.74, 6) is 11.3. The third-order valence-corrected chi connectivity index (χ3v) is 3.63. The Kier molecular flexibility index (Phi) is 4.46. The van der Waals surface area contributed by atoms with Gasteiger partial charge in [0.1, 0.15) is 0 Å². The summed E-state index contributed by atoms with van der Waals surface area (Å²) in [4.78, 5) is 1.20. The van der Waals surface area contributed by atoms with Crippen molar-refractivity contribution in [2.24, 2.45) is 5.84 Å².